The molecule has 0 saturated carbocycles. The molecule has 0 aliphatic heterocycles. The molecule has 9 aromatic carbocycles. The van der Waals surface area contributed by atoms with E-state index in [1.54, 1.807) is 0 Å². The number of thiophene rings is 1. The Bertz CT molecular complexity index is 3510. The quantitative estimate of drug-likeness (QED) is 0.166. The SMILES string of the molecule is c1ccc(-c2ccccc2-c2ccc(-n3c4ccccc4c4cc(-c5cccc6c7ccccc7n(-c7ccccc7)c56)ccc43)c3sc4ccccc4c23)cc1. The lowest BCUT2D eigenvalue weighted by atomic mass is 9.91. The van der Waals surface area contributed by atoms with Crippen molar-refractivity contribution in [3.05, 3.63) is 206 Å². The lowest BCUT2D eigenvalue weighted by molar-refractivity contribution is 1.18. The van der Waals surface area contributed by atoms with Gasteiger partial charge in [-0.3, -0.25) is 0 Å². The average molecular weight is 743 g/mol. The van der Waals surface area contributed by atoms with E-state index in [-0.39, 0.29) is 0 Å². The molecule has 57 heavy (non-hydrogen) atoms. The van der Waals surface area contributed by atoms with Gasteiger partial charge in [-0.15, -0.1) is 11.3 Å². The molecule has 3 heteroatoms. The fourth-order valence-corrected chi connectivity index (χ4v) is 10.5. The summed E-state index contributed by atoms with van der Waals surface area (Å²) >= 11 is 1.89. The number of hydrogen-bond donors (Lipinski definition) is 0. The molecule has 0 fully saturated rings. The van der Waals surface area contributed by atoms with Crippen LogP contribution in [0, 0.1) is 0 Å². The lowest BCUT2D eigenvalue weighted by Crippen LogP contribution is -1.96. The molecule has 12 rings (SSSR count). The van der Waals surface area contributed by atoms with Gasteiger partial charge in [-0.25, -0.2) is 0 Å². The molecule has 0 aliphatic carbocycles. The third-order valence-electron chi connectivity index (χ3n) is 11.7. The molecule has 0 amide bonds. The largest absolute Gasteiger partial charge is 0.309 e. The van der Waals surface area contributed by atoms with Crippen LogP contribution in [0.1, 0.15) is 0 Å². The number of rotatable bonds is 5. The topological polar surface area (TPSA) is 9.86 Å². The summed E-state index contributed by atoms with van der Waals surface area (Å²) in [5, 5.41) is 7.61. The molecular weight excluding hydrogens is 709 g/mol. The van der Waals surface area contributed by atoms with Crippen molar-refractivity contribution in [3.8, 4) is 44.8 Å². The molecule has 12 aromatic rings. The molecule has 0 bridgehead atoms. The highest BCUT2D eigenvalue weighted by Crippen LogP contribution is 2.47. The number of benzene rings is 9. The molecule has 3 heterocycles. The van der Waals surface area contributed by atoms with Gasteiger partial charge in [0.25, 0.3) is 0 Å². The van der Waals surface area contributed by atoms with E-state index in [4.69, 9.17) is 0 Å². The number of fused-ring (bicyclic) bond motifs is 9. The molecule has 0 unspecified atom stereocenters. The van der Waals surface area contributed by atoms with Gasteiger partial charge in [-0.2, -0.15) is 0 Å². The minimum atomic E-state index is 1.16. The molecule has 2 nitrogen and oxygen atoms in total. The summed E-state index contributed by atoms with van der Waals surface area (Å²) in [7, 11) is 0. The van der Waals surface area contributed by atoms with E-state index in [9.17, 15) is 0 Å². The van der Waals surface area contributed by atoms with Crippen molar-refractivity contribution in [1.82, 2.24) is 9.13 Å². The Hall–Kier alpha value is -7.20. The van der Waals surface area contributed by atoms with Crippen molar-refractivity contribution in [2.45, 2.75) is 0 Å². The number of para-hydroxylation sites is 4. The van der Waals surface area contributed by atoms with E-state index in [1.165, 1.54) is 103 Å². The predicted molar refractivity (Wildman–Crippen MR) is 244 cm³/mol. The molecule has 0 saturated heterocycles. The van der Waals surface area contributed by atoms with Gasteiger partial charge >= 0.3 is 0 Å². The highest BCUT2D eigenvalue weighted by Gasteiger charge is 2.22. The summed E-state index contributed by atoms with van der Waals surface area (Å²) in [5.41, 5.74) is 14.6. The van der Waals surface area contributed by atoms with Gasteiger partial charge in [-0.1, -0.05) is 158 Å². The molecule has 0 spiro atoms. The fraction of sp³-hybridized carbons (Fsp3) is 0. The van der Waals surface area contributed by atoms with Gasteiger partial charge < -0.3 is 9.13 Å². The normalized spacial score (nSPS) is 11.9. The summed E-state index contributed by atoms with van der Waals surface area (Å²) in [6, 6.07) is 75.5. The van der Waals surface area contributed by atoms with Crippen LogP contribution in [0.25, 0.3) is 109 Å². The lowest BCUT2D eigenvalue weighted by Gasteiger charge is -2.15. The van der Waals surface area contributed by atoms with Crippen LogP contribution in [0.2, 0.25) is 0 Å². The minimum absolute atomic E-state index is 1.16. The van der Waals surface area contributed by atoms with Crippen LogP contribution in [-0.4, -0.2) is 9.13 Å². The Morgan fingerprint density at radius 3 is 1.74 bits per heavy atom. The van der Waals surface area contributed by atoms with Crippen LogP contribution in [0.5, 0.6) is 0 Å². The maximum Gasteiger partial charge on any atom is 0.0641 e. The van der Waals surface area contributed by atoms with Crippen LogP contribution in [0.15, 0.2) is 206 Å². The molecule has 3 aromatic heterocycles. The number of hydrogen-bond acceptors (Lipinski definition) is 1. The van der Waals surface area contributed by atoms with Gasteiger partial charge in [0, 0.05) is 48.3 Å². The van der Waals surface area contributed by atoms with Crippen LogP contribution >= 0.6 is 11.3 Å². The monoisotopic (exact) mass is 742 g/mol. The van der Waals surface area contributed by atoms with Gasteiger partial charge in [-0.05, 0) is 76.3 Å². The van der Waals surface area contributed by atoms with Crippen molar-refractivity contribution in [2.24, 2.45) is 0 Å². The van der Waals surface area contributed by atoms with E-state index >= 15 is 0 Å². The van der Waals surface area contributed by atoms with Crippen molar-refractivity contribution in [2.75, 3.05) is 0 Å². The summed E-state index contributed by atoms with van der Waals surface area (Å²) in [6.07, 6.45) is 0. The summed E-state index contributed by atoms with van der Waals surface area (Å²) in [6.45, 7) is 0. The minimum Gasteiger partial charge on any atom is -0.309 e. The van der Waals surface area contributed by atoms with Crippen LogP contribution in [-0.2, 0) is 0 Å². The maximum absolute atomic E-state index is 2.50. The Labute approximate surface area is 333 Å². The first-order valence-corrected chi connectivity index (χ1v) is 20.3. The standard InChI is InChI=1S/C54H34N2S/c1-3-16-35(17-4-1)38-20-7-8-21-40(38)43-31-33-50(54-52(43)45-24-11-14-29-51(45)57-54)56-48-28-13-10-23-42(48)46-34-36(30-32-49(46)56)39-25-15-26-44-41-22-9-12-27-47(41)55(53(39)44)37-18-5-2-6-19-37/h1-34H. The second-order valence-electron chi connectivity index (χ2n) is 14.8. The van der Waals surface area contributed by atoms with E-state index in [1.807, 2.05) is 11.3 Å². The molecule has 266 valence electrons. The average Bonchev–Trinajstić information content (AvgIpc) is 3.95. The highest BCUT2D eigenvalue weighted by atomic mass is 32.1. The zero-order valence-corrected chi connectivity index (χ0v) is 31.7. The van der Waals surface area contributed by atoms with E-state index in [0.717, 1.165) is 5.69 Å². The number of aromatic nitrogens is 2. The van der Waals surface area contributed by atoms with Crippen LogP contribution in [0.4, 0.5) is 0 Å². The molecule has 0 N–H and O–H groups in total. The van der Waals surface area contributed by atoms with E-state index in [0.29, 0.717) is 0 Å². The van der Waals surface area contributed by atoms with Gasteiger partial charge in [0.2, 0.25) is 0 Å². The Balaban J connectivity index is 1.12. The van der Waals surface area contributed by atoms with Crippen molar-refractivity contribution in [1.29, 1.82) is 0 Å². The van der Waals surface area contributed by atoms with Gasteiger partial charge in [0.15, 0.2) is 0 Å². The Kier molecular flexibility index (Phi) is 7.13. The predicted octanol–water partition coefficient (Wildman–Crippen LogP) is 15.2. The van der Waals surface area contributed by atoms with E-state index in [2.05, 4.69) is 215 Å². The Morgan fingerprint density at radius 2 is 0.930 bits per heavy atom. The number of nitrogens with zero attached hydrogens (tertiary/aromatic N) is 2. The van der Waals surface area contributed by atoms with Crippen LogP contribution in [0.3, 0.4) is 0 Å². The zero-order chi connectivity index (χ0) is 37.5. The maximum atomic E-state index is 2.50. The van der Waals surface area contributed by atoms with Crippen LogP contribution < -0.4 is 0 Å². The summed E-state index contributed by atoms with van der Waals surface area (Å²) in [4.78, 5) is 0. The van der Waals surface area contributed by atoms with Gasteiger partial charge in [0.05, 0.1) is 32.5 Å². The Morgan fingerprint density at radius 1 is 0.333 bits per heavy atom. The summed E-state index contributed by atoms with van der Waals surface area (Å²) in [5.74, 6) is 0. The van der Waals surface area contributed by atoms with Crippen molar-refractivity contribution >= 4 is 75.1 Å². The van der Waals surface area contributed by atoms with Crippen molar-refractivity contribution in [3.63, 3.8) is 0 Å². The second-order valence-corrected chi connectivity index (χ2v) is 15.9. The van der Waals surface area contributed by atoms with Crippen molar-refractivity contribution < 1.29 is 0 Å². The van der Waals surface area contributed by atoms with E-state index < -0.39 is 0 Å². The molecule has 0 radical (unpaired) electrons. The third kappa shape index (κ3) is 4.83. The zero-order valence-electron chi connectivity index (χ0n) is 30.9. The smallest absolute Gasteiger partial charge is 0.0641 e. The third-order valence-corrected chi connectivity index (χ3v) is 12.9. The molecular formula is C54H34N2S. The highest BCUT2D eigenvalue weighted by molar-refractivity contribution is 7.26. The summed E-state index contributed by atoms with van der Waals surface area (Å²) < 4.78 is 7.52. The fourth-order valence-electron chi connectivity index (χ4n) is 9.30. The molecule has 0 atom stereocenters. The first-order chi connectivity index (χ1) is 28.3. The first-order valence-electron chi connectivity index (χ1n) is 19.5. The first kappa shape index (κ1) is 32.1. The molecule has 0 aliphatic rings. The second kappa shape index (κ2) is 12.7. The van der Waals surface area contributed by atoms with Gasteiger partial charge in [0.1, 0.15) is 0 Å².